The largest absolute Gasteiger partial charge is 0.381 e. The van der Waals surface area contributed by atoms with Crippen molar-refractivity contribution >= 4 is 11.6 Å². The van der Waals surface area contributed by atoms with E-state index in [1.807, 2.05) is 12.1 Å². The Morgan fingerprint density at radius 2 is 2.25 bits per heavy atom. The highest BCUT2D eigenvalue weighted by molar-refractivity contribution is 5.79. The highest BCUT2D eigenvalue weighted by atomic mass is 16.5. The maximum absolute atomic E-state index is 5.63. The molecular formula is C18H27N5O. The molecule has 0 saturated heterocycles. The second-order valence-electron chi connectivity index (χ2n) is 6.35. The molecule has 0 aromatic carbocycles. The lowest BCUT2D eigenvalue weighted by Gasteiger charge is -2.11. The van der Waals surface area contributed by atoms with E-state index in [9.17, 15) is 0 Å². The van der Waals surface area contributed by atoms with Gasteiger partial charge in [-0.15, -0.1) is 0 Å². The molecule has 0 spiro atoms. The van der Waals surface area contributed by atoms with Crippen LogP contribution in [0.15, 0.2) is 29.4 Å². The number of ether oxygens (including phenoxy) is 1. The molecule has 24 heavy (non-hydrogen) atoms. The molecule has 0 amide bonds. The zero-order chi connectivity index (χ0) is 16.8. The minimum Gasteiger partial charge on any atom is -0.381 e. The maximum atomic E-state index is 5.63. The minimum absolute atomic E-state index is 0.652. The standard InChI is InChI=1S/C18H27N5O/c1-14-5-3-6-17-22-16(12-23(14)17)11-21-18(19-2)20-9-4-10-24-13-15-7-8-15/h3,5-6,12,15H,4,7-11,13H2,1-2H3,(H2,19,20,21). The van der Waals surface area contributed by atoms with Crippen molar-refractivity contribution in [2.75, 3.05) is 26.8 Å². The molecule has 1 saturated carbocycles. The summed E-state index contributed by atoms with van der Waals surface area (Å²) in [6, 6.07) is 6.13. The summed E-state index contributed by atoms with van der Waals surface area (Å²) in [6.45, 7) is 5.33. The number of hydrogen-bond acceptors (Lipinski definition) is 3. The molecular weight excluding hydrogens is 302 g/mol. The predicted molar refractivity (Wildman–Crippen MR) is 96.3 cm³/mol. The van der Waals surface area contributed by atoms with Crippen LogP contribution in [0.1, 0.15) is 30.7 Å². The Morgan fingerprint density at radius 1 is 1.38 bits per heavy atom. The number of nitrogens with zero attached hydrogens (tertiary/aromatic N) is 3. The average molecular weight is 329 g/mol. The minimum atomic E-state index is 0.652. The quantitative estimate of drug-likeness (QED) is 0.442. The first-order chi connectivity index (χ1) is 11.8. The molecule has 0 radical (unpaired) electrons. The van der Waals surface area contributed by atoms with E-state index in [2.05, 4.69) is 44.2 Å². The van der Waals surface area contributed by atoms with E-state index in [0.29, 0.717) is 6.54 Å². The van der Waals surface area contributed by atoms with Crippen LogP contribution in [0.3, 0.4) is 0 Å². The average Bonchev–Trinajstić information content (AvgIpc) is 3.31. The Balaban J connectivity index is 1.39. The smallest absolute Gasteiger partial charge is 0.191 e. The van der Waals surface area contributed by atoms with E-state index in [-0.39, 0.29) is 0 Å². The summed E-state index contributed by atoms with van der Waals surface area (Å²) >= 11 is 0. The van der Waals surface area contributed by atoms with Gasteiger partial charge in [-0.1, -0.05) is 6.07 Å². The second kappa shape index (κ2) is 8.15. The number of imidazole rings is 1. The number of hydrogen-bond donors (Lipinski definition) is 2. The van der Waals surface area contributed by atoms with Gasteiger partial charge in [0.25, 0.3) is 0 Å². The number of pyridine rings is 1. The summed E-state index contributed by atoms with van der Waals surface area (Å²) in [5, 5.41) is 6.62. The zero-order valence-corrected chi connectivity index (χ0v) is 14.6. The number of guanidine groups is 1. The maximum Gasteiger partial charge on any atom is 0.191 e. The molecule has 6 nitrogen and oxygen atoms in total. The van der Waals surface area contributed by atoms with Gasteiger partial charge in [-0.2, -0.15) is 0 Å². The number of rotatable bonds is 8. The topological polar surface area (TPSA) is 63.0 Å². The Labute approximate surface area is 143 Å². The first kappa shape index (κ1) is 16.8. The van der Waals surface area contributed by atoms with Gasteiger partial charge in [0.05, 0.1) is 12.2 Å². The molecule has 0 atom stereocenters. The van der Waals surface area contributed by atoms with E-state index in [1.54, 1.807) is 7.05 Å². The molecule has 0 bridgehead atoms. The first-order valence-corrected chi connectivity index (χ1v) is 8.72. The Hall–Kier alpha value is -2.08. The van der Waals surface area contributed by atoms with E-state index >= 15 is 0 Å². The van der Waals surface area contributed by atoms with Gasteiger partial charge < -0.3 is 19.8 Å². The molecule has 2 aromatic heterocycles. The van der Waals surface area contributed by atoms with Crippen molar-refractivity contribution in [2.24, 2.45) is 10.9 Å². The van der Waals surface area contributed by atoms with Gasteiger partial charge >= 0.3 is 0 Å². The summed E-state index contributed by atoms with van der Waals surface area (Å²) in [4.78, 5) is 8.87. The monoisotopic (exact) mass is 329 g/mol. The van der Waals surface area contributed by atoms with Crippen molar-refractivity contribution in [2.45, 2.75) is 32.7 Å². The van der Waals surface area contributed by atoms with Crippen LogP contribution in [0.4, 0.5) is 0 Å². The SMILES string of the molecule is CN=C(NCCCOCC1CC1)NCc1cn2c(C)cccc2n1. The molecule has 1 aliphatic carbocycles. The third kappa shape index (κ3) is 4.71. The van der Waals surface area contributed by atoms with Gasteiger partial charge in [0.2, 0.25) is 0 Å². The second-order valence-corrected chi connectivity index (χ2v) is 6.35. The van der Waals surface area contributed by atoms with Crippen LogP contribution in [0.2, 0.25) is 0 Å². The lowest BCUT2D eigenvalue weighted by molar-refractivity contribution is 0.123. The van der Waals surface area contributed by atoms with Crippen LogP contribution in [0, 0.1) is 12.8 Å². The third-order valence-corrected chi connectivity index (χ3v) is 4.21. The summed E-state index contributed by atoms with van der Waals surface area (Å²) in [7, 11) is 1.78. The van der Waals surface area contributed by atoms with Crippen LogP contribution >= 0.6 is 0 Å². The molecule has 0 aliphatic heterocycles. The molecule has 2 N–H and O–H groups in total. The van der Waals surface area contributed by atoms with E-state index in [4.69, 9.17) is 4.74 Å². The highest BCUT2D eigenvalue weighted by Gasteiger charge is 2.20. The molecule has 0 unspecified atom stereocenters. The van der Waals surface area contributed by atoms with E-state index in [1.165, 1.54) is 18.5 Å². The van der Waals surface area contributed by atoms with Crippen LogP contribution in [-0.4, -0.2) is 42.2 Å². The van der Waals surface area contributed by atoms with Crippen molar-refractivity contribution < 1.29 is 4.74 Å². The Bertz CT molecular complexity index is 690. The molecule has 130 valence electrons. The fourth-order valence-electron chi connectivity index (χ4n) is 2.59. The third-order valence-electron chi connectivity index (χ3n) is 4.21. The first-order valence-electron chi connectivity index (χ1n) is 8.72. The van der Waals surface area contributed by atoms with Gasteiger partial charge in [-0.05, 0) is 44.2 Å². The highest BCUT2D eigenvalue weighted by Crippen LogP contribution is 2.28. The molecule has 2 heterocycles. The number of aliphatic imine (C=N–C) groups is 1. The Kier molecular flexibility index (Phi) is 5.69. The van der Waals surface area contributed by atoms with Crippen molar-refractivity contribution in [3.05, 3.63) is 35.8 Å². The molecule has 1 aliphatic rings. The van der Waals surface area contributed by atoms with Gasteiger partial charge in [0, 0.05) is 38.7 Å². The number of nitrogens with one attached hydrogen (secondary N) is 2. The van der Waals surface area contributed by atoms with Crippen molar-refractivity contribution in [1.29, 1.82) is 0 Å². The Morgan fingerprint density at radius 3 is 3.00 bits per heavy atom. The summed E-state index contributed by atoms with van der Waals surface area (Å²) in [5.41, 5.74) is 3.16. The molecule has 1 fully saturated rings. The van der Waals surface area contributed by atoms with Crippen LogP contribution in [0.25, 0.3) is 5.65 Å². The summed E-state index contributed by atoms with van der Waals surface area (Å²) in [5.74, 6) is 1.63. The lowest BCUT2D eigenvalue weighted by atomic mass is 10.4. The number of aryl methyl sites for hydroxylation is 1. The van der Waals surface area contributed by atoms with Gasteiger partial charge in [-0.3, -0.25) is 4.99 Å². The number of aromatic nitrogens is 2. The molecule has 3 rings (SSSR count). The van der Waals surface area contributed by atoms with Crippen molar-refractivity contribution in [1.82, 2.24) is 20.0 Å². The van der Waals surface area contributed by atoms with Gasteiger partial charge in [0.15, 0.2) is 5.96 Å². The van der Waals surface area contributed by atoms with Crippen LogP contribution in [-0.2, 0) is 11.3 Å². The molecule has 2 aromatic rings. The fraction of sp³-hybridized carbons (Fsp3) is 0.556. The van der Waals surface area contributed by atoms with E-state index < -0.39 is 0 Å². The normalized spacial score (nSPS) is 15.0. The zero-order valence-electron chi connectivity index (χ0n) is 14.6. The van der Waals surface area contributed by atoms with E-state index in [0.717, 1.165) is 49.4 Å². The van der Waals surface area contributed by atoms with Crippen LogP contribution < -0.4 is 10.6 Å². The van der Waals surface area contributed by atoms with Crippen molar-refractivity contribution in [3.8, 4) is 0 Å². The summed E-state index contributed by atoms with van der Waals surface area (Å²) < 4.78 is 7.74. The summed E-state index contributed by atoms with van der Waals surface area (Å²) in [6.07, 6.45) is 5.74. The lowest BCUT2D eigenvalue weighted by Crippen LogP contribution is -2.37. The van der Waals surface area contributed by atoms with Gasteiger partial charge in [-0.25, -0.2) is 4.98 Å². The molecule has 6 heteroatoms. The van der Waals surface area contributed by atoms with Crippen LogP contribution in [0.5, 0.6) is 0 Å². The van der Waals surface area contributed by atoms with Gasteiger partial charge in [0.1, 0.15) is 5.65 Å². The fourth-order valence-corrected chi connectivity index (χ4v) is 2.59. The number of fused-ring (bicyclic) bond motifs is 1. The van der Waals surface area contributed by atoms with Crippen molar-refractivity contribution in [3.63, 3.8) is 0 Å². The predicted octanol–water partition coefficient (Wildman–Crippen LogP) is 2.12.